The fourth-order valence-corrected chi connectivity index (χ4v) is 2.89. The van der Waals surface area contributed by atoms with Crippen LogP contribution in [0.1, 0.15) is 72.1 Å². The number of urea groups is 1. The molecular formula is C16H30N2O3. The van der Waals surface area contributed by atoms with Crippen LogP contribution in [0.3, 0.4) is 0 Å². The van der Waals surface area contributed by atoms with Gasteiger partial charge in [0.2, 0.25) is 0 Å². The molecule has 5 nitrogen and oxygen atoms in total. The van der Waals surface area contributed by atoms with E-state index in [0.29, 0.717) is 19.4 Å². The Labute approximate surface area is 127 Å². The molecule has 0 aromatic heterocycles. The van der Waals surface area contributed by atoms with Gasteiger partial charge in [0.1, 0.15) is 5.54 Å². The van der Waals surface area contributed by atoms with E-state index >= 15 is 0 Å². The predicted octanol–water partition coefficient (Wildman–Crippen LogP) is 3.29. The molecule has 0 radical (unpaired) electrons. The van der Waals surface area contributed by atoms with E-state index in [9.17, 15) is 14.7 Å². The van der Waals surface area contributed by atoms with Crippen molar-refractivity contribution < 1.29 is 14.7 Å². The summed E-state index contributed by atoms with van der Waals surface area (Å²) < 4.78 is 0. The van der Waals surface area contributed by atoms with Gasteiger partial charge in [0.05, 0.1) is 0 Å². The maximum absolute atomic E-state index is 12.0. The second kappa shape index (κ2) is 7.66. The number of carboxylic acid groups (broad SMARTS) is 1. The molecule has 0 atom stereocenters. The van der Waals surface area contributed by atoms with Gasteiger partial charge in [-0.1, -0.05) is 52.9 Å². The molecule has 0 spiro atoms. The van der Waals surface area contributed by atoms with E-state index < -0.39 is 11.5 Å². The highest BCUT2D eigenvalue weighted by atomic mass is 16.4. The van der Waals surface area contributed by atoms with Gasteiger partial charge in [-0.3, -0.25) is 0 Å². The summed E-state index contributed by atoms with van der Waals surface area (Å²) in [5.74, 6) is -0.919. The number of amides is 2. The van der Waals surface area contributed by atoms with Crippen molar-refractivity contribution in [3.8, 4) is 0 Å². The van der Waals surface area contributed by atoms with Gasteiger partial charge in [0.25, 0.3) is 0 Å². The molecule has 0 aliphatic heterocycles. The third-order valence-electron chi connectivity index (χ3n) is 4.40. The Morgan fingerprint density at radius 2 is 1.81 bits per heavy atom. The maximum Gasteiger partial charge on any atom is 0.329 e. The standard InChI is InChI=1S/C16H30N2O3/c1-4-5-6-9-15(2,3)12-17-14(21)18-16(13(19)20)10-7-8-11-16/h4-12H2,1-3H3,(H,19,20)(H2,17,18,21). The van der Waals surface area contributed by atoms with E-state index in [4.69, 9.17) is 0 Å². The van der Waals surface area contributed by atoms with Crippen LogP contribution in [0.4, 0.5) is 4.79 Å². The summed E-state index contributed by atoms with van der Waals surface area (Å²) in [6.45, 7) is 7.00. The summed E-state index contributed by atoms with van der Waals surface area (Å²) in [4.78, 5) is 23.4. The lowest BCUT2D eigenvalue weighted by Crippen LogP contribution is -2.56. The first-order valence-electron chi connectivity index (χ1n) is 8.11. The Balaban J connectivity index is 2.41. The van der Waals surface area contributed by atoms with Gasteiger partial charge in [-0.25, -0.2) is 9.59 Å². The molecule has 0 aromatic rings. The summed E-state index contributed by atoms with van der Waals surface area (Å²) in [6, 6.07) is -0.358. The fourth-order valence-electron chi connectivity index (χ4n) is 2.89. The summed E-state index contributed by atoms with van der Waals surface area (Å²) in [6.07, 6.45) is 7.37. The largest absolute Gasteiger partial charge is 0.480 e. The zero-order chi connectivity index (χ0) is 15.9. The van der Waals surface area contributed by atoms with Crippen molar-refractivity contribution in [1.29, 1.82) is 0 Å². The van der Waals surface area contributed by atoms with Crippen LogP contribution >= 0.6 is 0 Å². The molecule has 5 heteroatoms. The molecular weight excluding hydrogens is 268 g/mol. The predicted molar refractivity (Wildman–Crippen MR) is 83.3 cm³/mol. The Morgan fingerprint density at radius 1 is 1.19 bits per heavy atom. The zero-order valence-electron chi connectivity index (χ0n) is 13.6. The molecule has 122 valence electrons. The molecule has 0 saturated heterocycles. The molecule has 1 fully saturated rings. The van der Waals surface area contributed by atoms with Crippen LogP contribution in [0, 0.1) is 5.41 Å². The first-order valence-corrected chi connectivity index (χ1v) is 8.11. The summed E-state index contributed by atoms with van der Waals surface area (Å²) in [5, 5.41) is 14.9. The van der Waals surface area contributed by atoms with Crippen molar-refractivity contribution >= 4 is 12.0 Å². The average molecular weight is 298 g/mol. The second-order valence-electron chi connectivity index (χ2n) is 7.02. The molecule has 0 unspecified atom stereocenters. The summed E-state index contributed by atoms with van der Waals surface area (Å²) >= 11 is 0. The third-order valence-corrected chi connectivity index (χ3v) is 4.40. The Hall–Kier alpha value is -1.26. The number of hydrogen-bond donors (Lipinski definition) is 3. The quantitative estimate of drug-likeness (QED) is 0.602. The number of rotatable bonds is 8. The number of aliphatic carboxylic acids is 1. The highest BCUT2D eigenvalue weighted by molar-refractivity contribution is 5.86. The van der Waals surface area contributed by atoms with E-state index in [0.717, 1.165) is 25.7 Å². The smallest absolute Gasteiger partial charge is 0.329 e. The number of carbonyl (C=O) groups excluding carboxylic acids is 1. The minimum atomic E-state index is -1.06. The number of hydrogen-bond acceptors (Lipinski definition) is 2. The van der Waals surface area contributed by atoms with Gasteiger partial charge >= 0.3 is 12.0 Å². The minimum absolute atomic E-state index is 0.0403. The normalized spacial score (nSPS) is 17.5. The van der Waals surface area contributed by atoms with Gasteiger partial charge in [-0.15, -0.1) is 0 Å². The first-order chi connectivity index (χ1) is 9.81. The summed E-state index contributed by atoms with van der Waals surface area (Å²) in [7, 11) is 0. The van der Waals surface area contributed by atoms with Crippen LogP contribution in [-0.2, 0) is 4.79 Å². The van der Waals surface area contributed by atoms with E-state index in [-0.39, 0.29) is 11.4 Å². The van der Waals surface area contributed by atoms with Crippen molar-refractivity contribution in [2.45, 2.75) is 77.7 Å². The third kappa shape index (κ3) is 5.56. The number of carbonyl (C=O) groups is 2. The highest BCUT2D eigenvalue weighted by Crippen LogP contribution is 2.30. The number of carboxylic acids is 1. The topological polar surface area (TPSA) is 78.4 Å². The molecule has 1 aliphatic rings. The van der Waals surface area contributed by atoms with Crippen LogP contribution in [0.25, 0.3) is 0 Å². The van der Waals surface area contributed by atoms with Crippen molar-refractivity contribution in [3.05, 3.63) is 0 Å². The van der Waals surface area contributed by atoms with Gasteiger partial charge in [0.15, 0.2) is 0 Å². The van der Waals surface area contributed by atoms with E-state index in [1.165, 1.54) is 12.8 Å². The van der Waals surface area contributed by atoms with Gasteiger partial charge in [-0.05, 0) is 24.7 Å². The van der Waals surface area contributed by atoms with Gasteiger partial charge in [0, 0.05) is 6.54 Å². The van der Waals surface area contributed by atoms with Crippen molar-refractivity contribution in [2.24, 2.45) is 5.41 Å². The highest BCUT2D eigenvalue weighted by Gasteiger charge is 2.42. The van der Waals surface area contributed by atoms with Crippen LogP contribution in [0.15, 0.2) is 0 Å². The van der Waals surface area contributed by atoms with Crippen LogP contribution < -0.4 is 10.6 Å². The lowest BCUT2D eigenvalue weighted by molar-refractivity contribution is -0.144. The molecule has 1 saturated carbocycles. The van der Waals surface area contributed by atoms with Crippen LogP contribution in [0.5, 0.6) is 0 Å². The lowest BCUT2D eigenvalue weighted by Gasteiger charge is -2.28. The summed E-state index contributed by atoms with van der Waals surface area (Å²) in [5.41, 5.74) is -1.02. The van der Waals surface area contributed by atoms with Crippen molar-refractivity contribution in [2.75, 3.05) is 6.54 Å². The fraction of sp³-hybridized carbons (Fsp3) is 0.875. The molecule has 0 heterocycles. The zero-order valence-corrected chi connectivity index (χ0v) is 13.6. The van der Waals surface area contributed by atoms with Gasteiger partial charge < -0.3 is 15.7 Å². The van der Waals surface area contributed by atoms with Crippen LogP contribution in [0.2, 0.25) is 0 Å². The lowest BCUT2D eigenvalue weighted by atomic mass is 9.87. The second-order valence-corrected chi connectivity index (χ2v) is 7.02. The minimum Gasteiger partial charge on any atom is -0.480 e. The van der Waals surface area contributed by atoms with E-state index in [2.05, 4.69) is 31.4 Å². The SMILES string of the molecule is CCCCCC(C)(C)CNC(=O)NC1(C(=O)O)CCCC1. The van der Waals surface area contributed by atoms with Crippen molar-refractivity contribution in [1.82, 2.24) is 10.6 Å². The number of nitrogens with one attached hydrogen (secondary N) is 2. The molecule has 3 N–H and O–H groups in total. The Kier molecular flexibility index (Phi) is 6.49. The Bertz CT molecular complexity index is 361. The molecule has 0 aromatic carbocycles. The van der Waals surface area contributed by atoms with Gasteiger partial charge in [-0.2, -0.15) is 0 Å². The first kappa shape index (κ1) is 17.8. The molecule has 2 amide bonds. The molecule has 1 rings (SSSR count). The number of unbranched alkanes of at least 4 members (excludes halogenated alkanes) is 2. The Morgan fingerprint density at radius 3 is 2.33 bits per heavy atom. The van der Waals surface area contributed by atoms with Crippen LogP contribution in [-0.4, -0.2) is 29.2 Å². The monoisotopic (exact) mass is 298 g/mol. The van der Waals surface area contributed by atoms with Crippen molar-refractivity contribution in [3.63, 3.8) is 0 Å². The molecule has 1 aliphatic carbocycles. The molecule has 0 bridgehead atoms. The maximum atomic E-state index is 12.0. The molecule has 21 heavy (non-hydrogen) atoms. The van der Waals surface area contributed by atoms with E-state index in [1.807, 2.05) is 0 Å². The van der Waals surface area contributed by atoms with E-state index in [1.54, 1.807) is 0 Å². The average Bonchev–Trinajstić information content (AvgIpc) is 2.87.